The lowest BCUT2D eigenvalue weighted by Gasteiger charge is -2.35. The lowest BCUT2D eigenvalue weighted by atomic mass is 9.91. The lowest BCUT2D eigenvalue weighted by Crippen LogP contribution is -2.42. The molecule has 0 aliphatic carbocycles. The fraction of sp³-hybridized carbons (Fsp3) is 0.632. The summed E-state index contributed by atoms with van der Waals surface area (Å²) < 4.78 is 33.4. The molecule has 3 unspecified atom stereocenters. The zero-order valence-electron chi connectivity index (χ0n) is 15.8. The summed E-state index contributed by atoms with van der Waals surface area (Å²) in [5.74, 6) is 0.711. The van der Waals surface area contributed by atoms with Crippen LogP contribution in [-0.2, 0) is 14.8 Å². The van der Waals surface area contributed by atoms with Crippen molar-refractivity contribution in [2.75, 3.05) is 26.2 Å². The van der Waals surface area contributed by atoms with Gasteiger partial charge < -0.3 is 9.64 Å². The molecule has 8 heteroatoms. The second-order valence-electron chi connectivity index (χ2n) is 7.79. The number of nitrogens with zero attached hydrogens (tertiary/aromatic N) is 1. The van der Waals surface area contributed by atoms with E-state index in [1.165, 1.54) is 12.1 Å². The minimum absolute atomic E-state index is 0.0638. The molecule has 0 saturated carbocycles. The van der Waals surface area contributed by atoms with E-state index in [9.17, 15) is 13.2 Å². The normalized spacial score (nSPS) is 26.3. The molecule has 27 heavy (non-hydrogen) atoms. The number of sulfonamides is 1. The van der Waals surface area contributed by atoms with E-state index in [1.807, 2.05) is 0 Å². The topological polar surface area (TPSA) is 75.7 Å². The summed E-state index contributed by atoms with van der Waals surface area (Å²) in [5, 5.41) is 0.103. The van der Waals surface area contributed by atoms with Crippen molar-refractivity contribution in [2.24, 2.45) is 11.8 Å². The fourth-order valence-electron chi connectivity index (χ4n) is 3.94. The van der Waals surface area contributed by atoms with Gasteiger partial charge in [-0.2, -0.15) is 0 Å². The molecule has 2 saturated heterocycles. The van der Waals surface area contributed by atoms with Crippen LogP contribution in [0, 0.1) is 11.8 Å². The summed E-state index contributed by atoms with van der Waals surface area (Å²) in [6.45, 7) is 6.49. The third-order valence-electron chi connectivity index (χ3n) is 5.15. The highest BCUT2D eigenvalue weighted by atomic mass is 35.5. The highest BCUT2D eigenvalue weighted by molar-refractivity contribution is 7.89. The molecule has 3 atom stereocenters. The van der Waals surface area contributed by atoms with Crippen molar-refractivity contribution in [3.63, 3.8) is 0 Å². The number of halogens is 1. The first-order valence-electron chi connectivity index (χ1n) is 9.46. The van der Waals surface area contributed by atoms with E-state index in [0.29, 0.717) is 37.1 Å². The number of hydrogen-bond acceptors (Lipinski definition) is 4. The van der Waals surface area contributed by atoms with Crippen molar-refractivity contribution in [1.82, 2.24) is 9.62 Å². The summed E-state index contributed by atoms with van der Waals surface area (Å²) in [6.07, 6.45) is 2.75. The van der Waals surface area contributed by atoms with E-state index in [0.717, 1.165) is 19.3 Å². The van der Waals surface area contributed by atoms with E-state index in [2.05, 4.69) is 18.6 Å². The van der Waals surface area contributed by atoms with Crippen molar-refractivity contribution in [3.8, 4) is 0 Å². The maximum atomic E-state index is 12.9. The van der Waals surface area contributed by atoms with Crippen LogP contribution < -0.4 is 4.72 Å². The summed E-state index contributed by atoms with van der Waals surface area (Å²) >= 11 is 6.14. The molecule has 1 N–H and O–H groups in total. The second kappa shape index (κ2) is 8.47. The van der Waals surface area contributed by atoms with Gasteiger partial charge in [0, 0.05) is 31.8 Å². The van der Waals surface area contributed by atoms with Crippen LogP contribution in [0.25, 0.3) is 0 Å². The van der Waals surface area contributed by atoms with Gasteiger partial charge in [-0.3, -0.25) is 4.79 Å². The number of carbonyl (C=O) groups is 1. The summed E-state index contributed by atoms with van der Waals surface area (Å²) in [6, 6.07) is 4.45. The quantitative estimate of drug-likeness (QED) is 0.803. The van der Waals surface area contributed by atoms with Crippen LogP contribution in [0.3, 0.4) is 0 Å². The van der Waals surface area contributed by atoms with Gasteiger partial charge in [-0.1, -0.05) is 25.4 Å². The van der Waals surface area contributed by atoms with Crippen molar-refractivity contribution in [2.45, 2.75) is 44.1 Å². The third-order valence-corrected chi connectivity index (χ3v) is 7.05. The van der Waals surface area contributed by atoms with Crippen molar-refractivity contribution in [3.05, 3.63) is 28.8 Å². The number of piperidine rings is 1. The van der Waals surface area contributed by atoms with E-state index in [4.69, 9.17) is 16.3 Å². The first-order valence-corrected chi connectivity index (χ1v) is 11.3. The zero-order chi connectivity index (χ0) is 19.6. The third kappa shape index (κ3) is 5.02. The van der Waals surface area contributed by atoms with Gasteiger partial charge in [-0.05, 0) is 49.3 Å². The van der Waals surface area contributed by atoms with Gasteiger partial charge in [0.05, 0.1) is 11.1 Å². The molecule has 6 nitrogen and oxygen atoms in total. The number of likely N-dealkylation sites (tertiary alicyclic amines) is 1. The highest BCUT2D eigenvalue weighted by Crippen LogP contribution is 2.26. The highest BCUT2D eigenvalue weighted by Gasteiger charge is 2.28. The Hall–Kier alpha value is -1.15. The molecular formula is C19H27ClN2O4S. The fourth-order valence-corrected chi connectivity index (χ4v) is 5.53. The smallest absolute Gasteiger partial charge is 0.253 e. The minimum atomic E-state index is -3.82. The van der Waals surface area contributed by atoms with E-state index >= 15 is 0 Å². The van der Waals surface area contributed by atoms with Crippen LogP contribution in [0.5, 0.6) is 0 Å². The first-order chi connectivity index (χ1) is 12.8. The molecule has 2 aliphatic rings. The molecule has 2 fully saturated rings. The Morgan fingerprint density at radius 2 is 2.00 bits per heavy atom. The van der Waals surface area contributed by atoms with E-state index in [1.54, 1.807) is 11.0 Å². The van der Waals surface area contributed by atoms with Gasteiger partial charge in [-0.15, -0.1) is 0 Å². The van der Waals surface area contributed by atoms with Crippen LogP contribution >= 0.6 is 11.6 Å². The SMILES string of the molecule is CC1CC(C)CN(C(=O)c2ccc(Cl)c(S(=O)(=O)NCC3CCCO3)c2)C1. The second-order valence-corrected chi connectivity index (χ2v) is 9.93. The van der Waals surface area contributed by atoms with Crippen LogP contribution in [0.15, 0.2) is 23.1 Å². The molecule has 2 heterocycles. The van der Waals surface area contributed by atoms with Gasteiger partial charge in [0.1, 0.15) is 4.90 Å². The maximum absolute atomic E-state index is 12.9. The van der Waals surface area contributed by atoms with Crippen LogP contribution in [0.4, 0.5) is 0 Å². The monoisotopic (exact) mass is 414 g/mol. The zero-order valence-corrected chi connectivity index (χ0v) is 17.4. The molecule has 0 bridgehead atoms. The largest absolute Gasteiger partial charge is 0.377 e. The van der Waals surface area contributed by atoms with Crippen molar-refractivity contribution >= 4 is 27.5 Å². The Morgan fingerprint density at radius 1 is 1.30 bits per heavy atom. The molecule has 150 valence electrons. The summed E-state index contributed by atoms with van der Waals surface area (Å²) in [7, 11) is -3.82. The lowest BCUT2D eigenvalue weighted by molar-refractivity contribution is 0.0623. The Bertz CT molecular complexity index is 783. The number of nitrogens with one attached hydrogen (secondary N) is 1. The van der Waals surface area contributed by atoms with Gasteiger partial charge >= 0.3 is 0 Å². The Balaban J connectivity index is 1.77. The van der Waals surface area contributed by atoms with Gasteiger partial charge in [0.15, 0.2) is 0 Å². The molecule has 3 rings (SSSR count). The average Bonchev–Trinajstić information content (AvgIpc) is 3.12. The maximum Gasteiger partial charge on any atom is 0.253 e. The minimum Gasteiger partial charge on any atom is -0.377 e. The molecule has 1 aromatic carbocycles. The summed E-state index contributed by atoms with van der Waals surface area (Å²) in [5.41, 5.74) is 0.346. The Morgan fingerprint density at radius 3 is 2.63 bits per heavy atom. The molecule has 0 spiro atoms. The van der Waals surface area contributed by atoms with Gasteiger partial charge in [0.2, 0.25) is 10.0 Å². The van der Waals surface area contributed by atoms with E-state index < -0.39 is 10.0 Å². The molecule has 1 aromatic rings. The average molecular weight is 415 g/mol. The number of benzene rings is 1. The van der Waals surface area contributed by atoms with Crippen LogP contribution in [0.2, 0.25) is 5.02 Å². The van der Waals surface area contributed by atoms with E-state index in [-0.39, 0.29) is 28.5 Å². The number of hydrogen-bond donors (Lipinski definition) is 1. The Labute approximate surface area is 166 Å². The van der Waals surface area contributed by atoms with Crippen molar-refractivity contribution < 1.29 is 17.9 Å². The van der Waals surface area contributed by atoms with Crippen molar-refractivity contribution in [1.29, 1.82) is 0 Å². The first kappa shape index (κ1) is 20.6. The molecule has 1 amide bonds. The van der Waals surface area contributed by atoms with Gasteiger partial charge in [0.25, 0.3) is 5.91 Å². The van der Waals surface area contributed by atoms with Crippen LogP contribution in [0.1, 0.15) is 43.5 Å². The number of amides is 1. The predicted octanol–water partition coefficient (Wildman–Crippen LogP) is 2.92. The number of ether oxygens (including phenoxy) is 1. The van der Waals surface area contributed by atoms with Gasteiger partial charge in [-0.25, -0.2) is 13.1 Å². The predicted molar refractivity (Wildman–Crippen MR) is 104 cm³/mol. The number of carbonyl (C=O) groups excluding carboxylic acids is 1. The Kier molecular flexibility index (Phi) is 6.46. The molecular weight excluding hydrogens is 388 g/mol. The molecule has 0 radical (unpaired) electrons. The standard InChI is InChI=1S/C19H27ClN2O4S/c1-13-8-14(2)12-22(11-13)19(23)15-5-6-17(20)18(9-15)27(24,25)21-10-16-4-3-7-26-16/h5-6,9,13-14,16,21H,3-4,7-8,10-12H2,1-2H3. The molecule has 0 aromatic heterocycles. The summed E-state index contributed by atoms with van der Waals surface area (Å²) in [4.78, 5) is 14.6. The molecule has 2 aliphatic heterocycles. The van der Waals surface area contributed by atoms with Crippen LogP contribution in [-0.4, -0.2) is 51.6 Å². The number of rotatable bonds is 5.